The average Bonchev–Trinajstić information content (AvgIpc) is 2.63. The Kier molecular flexibility index (Phi) is 4.96. The number of rotatable bonds is 5. The third kappa shape index (κ3) is 3.65. The van der Waals surface area contributed by atoms with Crippen molar-refractivity contribution in [2.75, 3.05) is 7.11 Å². The first-order valence-electron chi connectivity index (χ1n) is 7.71. The van der Waals surface area contributed by atoms with E-state index < -0.39 is 7.60 Å². The fourth-order valence-electron chi connectivity index (χ4n) is 2.80. The molecule has 0 spiro atoms. The van der Waals surface area contributed by atoms with Gasteiger partial charge in [0.2, 0.25) is 0 Å². The Balaban J connectivity index is 2.21. The van der Waals surface area contributed by atoms with Gasteiger partial charge in [-0.15, -0.1) is 0 Å². The van der Waals surface area contributed by atoms with Gasteiger partial charge >= 0.3 is 7.60 Å². The van der Waals surface area contributed by atoms with Crippen LogP contribution < -0.4 is 0 Å². The maximum absolute atomic E-state index is 12.3. The predicted octanol–water partition coefficient (Wildman–Crippen LogP) is 5.35. The molecule has 1 unspecified atom stereocenters. The molecule has 3 aromatic rings. The highest BCUT2D eigenvalue weighted by atomic mass is 31.2. The van der Waals surface area contributed by atoms with Crippen molar-refractivity contribution >= 4 is 7.60 Å². The molecule has 0 radical (unpaired) electrons. The third-order valence-corrected chi connectivity index (χ3v) is 5.28. The first-order valence-corrected chi connectivity index (χ1v) is 9.47. The van der Waals surface area contributed by atoms with Crippen LogP contribution in [0, 0.1) is 0 Å². The lowest BCUT2D eigenvalue weighted by atomic mass is 9.93. The SMILES string of the molecule is COP(=O)(O)Cc1c(-c2ccccc2)cccc1-c1ccccc1. The van der Waals surface area contributed by atoms with E-state index in [0.29, 0.717) is 0 Å². The van der Waals surface area contributed by atoms with E-state index in [1.807, 2.05) is 78.9 Å². The molecule has 3 aromatic carbocycles. The van der Waals surface area contributed by atoms with E-state index in [-0.39, 0.29) is 6.16 Å². The van der Waals surface area contributed by atoms with Crippen molar-refractivity contribution in [3.05, 3.63) is 84.4 Å². The van der Waals surface area contributed by atoms with Gasteiger partial charge in [0.05, 0.1) is 6.16 Å². The Morgan fingerprint density at radius 2 is 1.25 bits per heavy atom. The molecular formula is C20H19O3P. The number of hydrogen-bond donors (Lipinski definition) is 1. The van der Waals surface area contributed by atoms with Crippen LogP contribution in [-0.4, -0.2) is 12.0 Å². The zero-order valence-electron chi connectivity index (χ0n) is 13.4. The van der Waals surface area contributed by atoms with Crippen LogP contribution in [0.5, 0.6) is 0 Å². The third-order valence-electron chi connectivity index (χ3n) is 3.99. The summed E-state index contributed by atoms with van der Waals surface area (Å²) < 4.78 is 17.1. The molecule has 0 aliphatic carbocycles. The molecule has 0 fully saturated rings. The van der Waals surface area contributed by atoms with Crippen molar-refractivity contribution in [3.8, 4) is 22.3 Å². The summed E-state index contributed by atoms with van der Waals surface area (Å²) in [6.45, 7) is 0. The van der Waals surface area contributed by atoms with Crippen LogP contribution in [0.15, 0.2) is 78.9 Å². The second-order valence-corrected chi connectivity index (χ2v) is 7.50. The number of benzene rings is 3. The van der Waals surface area contributed by atoms with E-state index in [0.717, 1.165) is 27.8 Å². The minimum atomic E-state index is -3.69. The molecule has 1 N–H and O–H groups in total. The summed E-state index contributed by atoms with van der Waals surface area (Å²) in [6, 6.07) is 25.7. The second kappa shape index (κ2) is 7.14. The summed E-state index contributed by atoms with van der Waals surface area (Å²) in [5, 5.41) is 0. The molecule has 3 nitrogen and oxygen atoms in total. The molecule has 0 amide bonds. The summed E-state index contributed by atoms with van der Waals surface area (Å²) in [5.74, 6) is 0. The van der Waals surface area contributed by atoms with Gasteiger partial charge in [0, 0.05) is 7.11 Å². The molecule has 0 aromatic heterocycles. The molecule has 0 saturated heterocycles. The van der Waals surface area contributed by atoms with Gasteiger partial charge in [-0.1, -0.05) is 78.9 Å². The topological polar surface area (TPSA) is 46.5 Å². The molecule has 0 bridgehead atoms. The van der Waals surface area contributed by atoms with Crippen LogP contribution in [-0.2, 0) is 15.3 Å². The molecule has 122 valence electrons. The Morgan fingerprint density at radius 1 is 0.792 bits per heavy atom. The molecular weight excluding hydrogens is 319 g/mol. The van der Waals surface area contributed by atoms with Crippen molar-refractivity contribution in [1.82, 2.24) is 0 Å². The van der Waals surface area contributed by atoms with E-state index in [1.165, 1.54) is 7.11 Å². The Morgan fingerprint density at radius 3 is 1.67 bits per heavy atom. The molecule has 4 heteroatoms. The fraction of sp³-hybridized carbons (Fsp3) is 0.100. The van der Waals surface area contributed by atoms with Gasteiger partial charge in [-0.2, -0.15) is 0 Å². The molecule has 0 heterocycles. The molecule has 24 heavy (non-hydrogen) atoms. The Bertz CT molecular complexity index is 803. The largest absolute Gasteiger partial charge is 0.332 e. The van der Waals surface area contributed by atoms with E-state index >= 15 is 0 Å². The quantitative estimate of drug-likeness (QED) is 0.638. The van der Waals surface area contributed by atoms with E-state index in [9.17, 15) is 9.46 Å². The van der Waals surface area contributed by atoms with Crippen molar-refractivity contribution in [2.45, 2.75) is 6.16 Å². The first-order chi connectivity index (χ1) is 11.6. The van der Waals surface area contributed by atoms with Crippen molar-refractivity contribution < 1.29 is 14.0 Å². The smallest absolute Gasteiger partial charge is 0.324 e. The van der Waals surface area contributed by atoms with E-state index in [1.54, 1.807) is 0 Å². The van der Waals surface area contributed by atoms with Crippen LogP contribution in [0.4, 0.5) is 0 Å². The van der Waals surface area contributed by atoms with E-state index in [4.69, 9.17) is 4.52 Å². The lowest BCUT2D eigenvalue weighted by Gasteiger charge is -2.18. The van der Waals surface area contributed by atoms with Crippen molar-refractivity contribution in [2.24, 2.45) is 0 Å². The molecule has 0 saturated carbocycles. The van der Waals surface area contributed by atoms with Crippen LogP contribution in [0.1, 0.15) is 5.56 Å². The Labute approximate surface area is 142 Å². The first kappa shape index (κ1) is 16.7. The van der Waals surface area contributed by atoms with Crippen molar-refractivity contribution in [1.29, 1.82) is 0 Å². The summed E-state index contributed by atoms with van der Waals surface area (Å²) in [5.41, 5.74) is 4.75. The lowest BCUT2D eigenvalue weighted by molar-refractivity contribution is 0.314. The maximum atomic E-state index is 12.3. The zero-order chi connectivity index (χ0) is 17.0. The van der Waals surface area contributed by atoms with Gasteiger partial charge in [-0.25, -0.2) is 0 Å². The Hall–Kier alpha value is -2.19. The van der Waals surface area contributed by atoms with Gasteiger partial charge < -0.3 is 9.42 Å². The molecule has 0 aliphatic heterocycles. The molecule has 3 rings (SSSR count). The van der Waals surface area contributed by atoms with Crippen LogP contribution in [0.2, 0.25) is 0 Å². The second-order valence-electron chi connectivity index (χ2n) is 5.54. The highest BCUT2D eigenvalue weighted by Gasteiger charge is 2.23. The summed E-state index contributed by atoms with van der Waals surface area (Å²) in [4.78, 5) is 10.1. The monoisotopic (exact) mass is 338 g/mol. The normalized spacial score (nSPS) is 13.4. The minimum absolute atomic E-state index is 0.0290. The zero-order valence-corrected chi connectivity index (χ0v) is 14.3. The fourth-order valence-corrected chi connectivity index (χ4v) is 3.67. The van der Waals surface area contributed by atoms with Gasteiger partial charge in [0.15, 0.2) is 0 Å². The summed E-state index contributed by atoms with van der Waals surface area (Å²) in [6.07, 6.45) is -0.0290. The highest BCUT2D eigenvalue weighted by molar-refractivity contribution is 7.51. The average molecular weight is 338 g/mol. The van der Waals surface area contributed by atoms with E-state index in [2.05, 4.69) is 0 Å². The summed E-state index contributed by atoms with van der Waals surface area (Å²) >= 11 is 0. The molecule has 1 atom stereocenters. The van der Waals surface area contributed by atoms with Gasteiger partial charge in [-0.3, -0.25) is 4.57 Å². The predicted molar refractivity (Wildman–Crippen MR) is 97.9 cm³/mol. The van der Waals surface area contributed by atoms with Crippen LogP contribution >= 0.6 is 7.60 Å². The van der Waals surface area contributed by atoms with Gasteiger partial charge in [0.25, 0.3) is 0 Å². The van der Waals surface area contributed by atoms with Crippen LogP contribution in [0.3, 0.4) is 0 Å². The standard InChI is InChI=1S/C20H19O3P/c1-23-24(21,22)15-20-18(16-9-4-2-5-10-16)13-8-14-19(20)17-11-6-3-7-12-17/h2-14H,15H2,1H3,(H,21,22). The lowest BCUT2D eigenvalue weighted by Crippen LogP contribution is -1.97. The number of hydrogen-bond acceptors (Lipinski definition) is 2. The van der Waals surface area contributed by atoms with Crippen LogP contribution in [0.25, 0.3) is 22.3 Å². The highest BCUT2D eigenvalue weighted by Crippen LogP contribution is 2.48. The van der Waals surface area contributed by atoms with Gasteiger partial charge in [-0.05, 0) is 27.8 Å². The summed E-state index contributed by atoms with van der Waals surface area (Å²) in [7, 11) is -2.42. The molecule has 0 aliphatic rings. The van der Waals surface area contributed by atoms with Gasteiger partial charge in [0.1, 0.15) is 0 Å². The van der Waals surface area contributed by atoms with Crippen molar-refractivity contribution in [3.63, 3.8) is 0 Å². The maximum Gasteiger partial charge on any atom is 0.332 e. The minimum Gasteiger partial charge on any atom is -0.324 e.